The minimum absolute atomic E-state index is 0.139. The second-order valence-corrected chi connectivity index (χ2v) is 7.05. The fourth-order valence-electron chi connectivity index (χ4n) is 2.78. The zero-order valence-corrected chi connectivity index (χ0v) is 15.7. The van der Waals surface area contributed by atoms with Crippen LogP contribution in [0.1, 0.15) is 15.9 Å². The quantitative estimate of drug-likeness (QED) is 0.500. The van der Waals surface area contributed by atoms with E-state index in [0.29, 0.717) is 5.56 Å². The molecular weight excluding hydrogens is 390 g/mol. The average molecular weight is 406 g/mol. The molecule has 128 valence electrons. The summed E-state index contributed by atoms with van der Waals surface area (Å²) in [5.74, 6) is -0.139. The van der Waals surface area contributed by atoms with Crippen LogP contribution in [0, 0.1) is 6.92 Å². The van der Waals surface area contributed by atoms with Gasteiger partial charge in [0, 0.05) is 33.7 Å². The maximum absolute atomic E-state index is 12.4. The van der Waals surface area contributed by atoms with E-state index >= 15 is 0 Å². The summed E-state index contributed by atoms with van der Waals surface area (Å²) in [5.41, 5.74) is 5.26. The molecule has 0 atom stereocenters. The lowest BCUT2D eigenvalue weighted by atomic mass is 10.1. The van der Waals surface area contributed by atoms with Gasteiger partial charge in [-0.1, -0.05) is 28.1 Å². The van der Waals surface area contributed by atoms with Crippen LogP contribution in [0.4, 0.5) is 5.69 Å². The minimum Gasteiger partial charge on any atom is -0.322 e. The SMILES string of the molecule is Cc1ccn2cc(-c3cccc(NC(=O)c4ccc(Br)cc4)c3)nc2c1. The standard InChI is InChI=1S/C21H16BrN3O/c1-14-9-10-25-13-19(24-20(25)11-14)16-3-2-4-18(12-16)23-21(26)15-5-7-17(22)8-6-15/h2-13H,1H3,(H,23,26). The van der Waals surface area contributed by atoms with Gasteiger partial charge in [-0.15, -0.1) is 0 Å². The fraction of sp³-hybridized carbons (Fsp3) is 0.0476. The molecule has 5 heteroatoms. The van der Waals surface area contributed by atoms with Crippen molar-refractivity contribution in [1.29, 1.82) is 0 Å². The Labute approximate surface area is 159 Å². The first-order chi connectivity index (χ1) is 12.6. The number of halogens is 1. The van der Waals surface area contributed by atoms with E-state index in [-0.39, 0.29) is 5.91 Å². The Hall–Kier alpha value is -2.92. The van der Waals surface area contributed by atoms with Crippen LogP contribution in [0.3, 0.4) is 0 Å². The summed E-state index contributed by atoms with van der Waals surface area (Å²) in [6.45, 7) is 2.05. The molecule has 2 aromatic carbocycles. The van der Waals surface area contributed by atoms with Crippen molar-refractivity contribution in [2.24, 2.45) is 0 Å². The van der Waals surface area contributed by atoms with Gasteiger partial charge in [-0.05, 0) is 61.0 Å². The van der Waals surface area contributed by atoms with Crippen molar-refractivity contribution < 1.29 is 4.79 Å². The van der Waals surface area contributed by atoms with Crippen molar-refractivity contribution in [2.45, 2.75) is 6.92 Å². The van der Waals surface area contributed by atoms with Gasteiger partial charge in [0.05, 0.1) is 5.69 Å². The summed E-state index contributed by atoms with van der Waals surface area (Å²) in [6.07, 6.45) is 3.99. The monoisotopic (exact) mass is 405 g/mol. The van der Waals surface area contributed by atoms with E-state index in [4.69, 9.17) is 0 Å². The lowest BCUT2D eigenvalue weighted by molar-refractivity contribution is 0.102. The number of carbonyl (C=O) groups is 1. The number of anilines is 1. The normalized spacial score (nSPS) is 10.8. The van der Waals surface area contributed by atoms with Gasteiger partial charge >= 0.3 is 0 Å². The highest BCUT2D eigenvalue weighted by molar-refractivity contribution is 9.10. The molecule has 0 saturated heterocycles. The Morgan fingerprint density at radius 3 is 2.69 bits per heavy atom. The number of carbonyl (C=O) groups excluding carboxylic acids is 1. The van der Waals surface area contributed by atoms with Gasteiger partial charge in [0.2, 0.25) is 0 Å². The number of fused-ring (bicyclic) bond motifs is 1. The number of nitrogens with zero attached hydrogens (tertiary/aromatic N) is 2. The molecule has 0 aliphatic rings. The van der Waals surface area contributed by atoms with Gasteiger partial charge in [0.15, 0.2) is 0 Å². The highest BCUT2D eigenvalue weighted by Crippen LogP contribution is 2.23. The molecule has 1 amide bonds. The van der Waals surface area contributed by atoms with Gasteiger partial charge in [0.25, 0.3) is 5.91 Å². The maximum Gasteiger partial charge on any atom is 0.255 e. The van der Waals surface area contributed by atoms with E-state index in [1.165, 1.54) is 5.56 Å². The molecule has 4 rings (SSSR count). The number of hydrogen-bond donors (Lipinski definition) is 1. The molecule has 0 aliphatic heterocycles. The molecule has 26 heavy (non-hydrogen) atoms. The van der Waals surface area contributed by atoms with Crippen molar-refractivity contribution in [3.63, 3.8) is 0 Å². The summed E-state index contributed by atoms with van der Waals surface area (Å²) in [7, 11) is 0. The minimum atomic E-state index is -0.139. The zero-order valence-electron chi connectivity index (χ0n) is 14.1. The molecule has 0 bridgehead atoms. The predicted molar refractivity (Wildman–Crippen MR) is 107 cm³/mol. The van der Waals surface area contributed by atoms with Crippen LogP contribution < -0.4 is 5.32 Å². The van der Waals surface area contributed by atoms with E-state index in [1.807, 2.05) is 72.2 Å². The van der Waals surface area contributed by atoms with Crippen molar-refractivity contribution in [2.75, 3.05) is 5.32 Å². The van der Waals surface area contributed by atoms with E-state index in [0.717, 1.165) is 27.1 Å². The second-order valence-electron chi connectivity index (χ2n) is 6.14. The topological polar surface area (TPSA) is 46.4 Å². The number of imidazole rings is 1. The van der Waals surface area contributed by atoms with Crippen LogP contribution in [0.5, 0.6) is 0 Å². The van der Waals surface area contributed by atoms with Crippen molar-refractivity contribution in [3.8, 4) is 11.3 Å². The molecule has 0 aliphatic carbocycles. The Balaban J connectivity index is 1.61. The fourth-order valence-corrected chi connectivity index (χ4v) is 3.05. The lowest BCUT2D eigenvalue weighted by Crippen LogP contribution is -2.11. The third-order valence-electron chi connectivity index (χ3n) is 4.14. The predicted octanol–water partition coefficient (Wildman–Crippen LogP) is 5.32. The van der Waals surface area contributed by atoms with Crippen LogP contribution in [0.15, 0.2) is 77.5 Å². The van der Waals surface area contributed by atoms with Crippen LogP contribution in [0.2, 0.25) is 0 Å². The summed E-state index contributed by atoms with van der Waals surface area (Å²) >= 11 is 3.38. The van der Waals surface area contributed by atoms with Crippen molar-refractivity contribution >= 4 is 33.2 Å². The summed E-state index contributed by atoms with van der Waals surface area (Å²) in [5, 5.41) is 2.94. The average Bonchev–Trinajstić information content (AvgIpc) is 3.05. The Kier molecular flexibility index (Phi) is 4.31. The van der Waals surface area contributed by atoms with Crippen LogP contribution >= 0.6 is 15.9 Å². The number of pyridine rings is 1. The second kappa shape index (κ2) is 6.77. The first-order valence-electron chi connectivity index (χ1n) is 8.21. The highest BCUT2D eigenvalue weighted by Gasteiger charge is 2.09. The molecule has 2 aromatic heterocycles. The van der Waals surface area contributed by atoms with E-state index < -0.39 is 0 Å². The number of amides is 1. The number of nitrogens with one attached hydrogen (secondary N) is 1. The van der Waals surface area contributed by atoms with E-state index in [2.05, 4.69) is 26.2 Å². The number of aromatic nitrogens is 2. The summed E-state index contributed by atoms with van der Waals surface area (Å²) in [6, 6.07) is 19.1. The molecule has 4 nitrogen and oxygen atoms in total. The van der Waals surface area contributed by atoms with E-state index in [9.17, 15) is 4.79 Å². The van der Waals surface area contributed by atoms with Gasteiger partial charge in [-0.2, -0.15) is 0 Å². The molecule has 0 spiro atoms. The Morgan fingerprint density at radius 2 is 1.88 bits per heavy atom. The third-order valence-corrected chi connectivity index (χ3v) is 4.67. The highest BCUT2D eigenvalue weighted by atomic mass is 79.9. The summed E-state index contributed by atoms with van der Waals surface area (Å²) in [4.78, 5) is 17.1. The number of aryl methyl sites for hydroxylation is 1. The van der Waals surface area contributed by atoms with Crippen LogP contribution in [-0.2, 0) is 0 Å². The van der Waals surface area contributed by atoms with Gasteiger partial charge in [-0.25, -0.2) is 4.98 Å². The molecule has 0 saturated carbocycles. The first-order valence-corrected chi connectivity index (χ1v) is 9.00. The molecular formula is C21H16BrN3O. The molecule has 0 unspecified atom stereocenters. The van der Waals surface area contributed by atoms with Crippen LogP contribution in [-0.4, -0.2) is 15.3 Å². The van der Waals surface area contributed by atoms with Gasteiger partial charge in [-0.3, -0.25) is 4.79 Å². The van der Waals surface area contributed by atoms with Crippen molar-refractivity contribution in [1.82, 2.24) is 9.38 Å². The number of hydrogen-bond acceptors (Lipinski definition) is 2. The Morgan fingerprint density at radius 1 is 1.08 bits per heavy atom. The Bertz CT molecular complexity index is 1100. The molecule has 0 radical (unpaired) electrons. The van der Waals surface area contributed by atoms with Gasteiger partial charge < -0.3 is 9.72 Å². The molecule has 1 N–H and O–H groups in total. The number of rotatable bonds is 3. The smallest absolute Gasteiger partial charge is 0.255 e. The maximum atomic E-state index is 12.4. The molecule has 2 heterocycles. The first kappa shape index (κ1) is 16.5. The van der Waals surface area contributed by atoms with E-state index in [1.54, 1.807) is 12.1 Å². The summed E-state index contributed by atoms with van der Waals surface area (Å²) < 4.78 is 2.94. The van der Waals surface area contributed by atoms with Crippen molar-refractivity contribution in [3.05, 3.63) is 88.7 Å². The molecule has 4 aromatic rings. The van der Waals surface area contributed by atoms with Gasteiger partial charge in [0.1, 0.15) is 5.65 Å². The lowest BCUT2D eigenvalue weighted by Gasteiger charge is -2.07. The largest absolute Gasteiger partial charge is 0.322 e. The number of benzene rings is 2. The van der Waals surface area contributed by atoms with Crippen LogP contribution in [0.25, 0.3) is 16.9 Å². The zero-order chi connectivity index (χ0) is 18.1. The third kappa shape index (κ3) is 3.39. The molecule has 0 fully saturated rings.